The molecule has 1 aliphatic heterocycles. The highest BCUT2D eigenvalue weighted by Gasteiger charge is 2.67. The Morgan fingerprint density at radius 3 is 2.52 bits per heavy atom. The van der Waals surface area contributed by atoms with Gasteiger partial charge in [0.2, 0.25) is 0 Å². The van der Waals surface area contributed by atoms with E-state index in [1.807, 2.05) is 30.3 Å². The molecule has 0 aromatic heterocycles. The van der Waals surface area contributed by atoms with Gasteiger partial charge in [-0.2, -0.15) is 0 Å². The molecule has 5 nitrogen and oxygen atoms in total. The molecular weight excluding hydrogens is 270 g/mol. The smallest absolute Gasteiger partial charge is 0.334 e. The van der Waals surface area contributed by atoms with Gasteiger partial charge in [-0.1, -0.05) is 30.3 Å². The summed E-state index contributed by atoms with van der Waals surface area (Å²) in [6.07, 6.45) is 1.30. The fraction of sp³-hybridized carbons (Fsp3) is 0.438. The molecule has 0 N–H and O–H groups in total. The van der Waals surface area contributed by atoms with Crippen molar-refractivity contribution in [3.8, 4) is 0 Å². The van der Waals surface area contributed by atoms with E-state index in [2.05, 4.69) is 4.99 Å². The summed E-state index contributed by atoms with van der Waals surface area (Å²) in [5.74, 6) is -1.36. The second-order valence-electron chi connectivity index (χ2n) is 5.45. The van der Waals surface area contributed by atoms with Gasteiger partial charge in [0, 0.05) is 11.6 Å². The average Bonchev–Trinajstić information content (AvgIpc) is 2.81. The van der Waals surface area contributed by atoms with Crippen LogP contribution in [0.15, 0.2) is 35.3 Å². The van der Waals surface area contributed by atoms with Gasteiger partial charge in [-0.05, 0) is 18.4 Å². The van der Waals surface area contributed by atoms with Crippen molar-refractivity contribution in [2.75, 3.05) is 14.2 Å². The minimum Gasteiger partial charge on any atom is -0.469 e. The number of esters is 2. The quantitative estimate of drug-likeness (QED) is 0.792. The summed E-state index contributed by atoms with van der Waals surface area (Å²) in [5, 5.41) is 0. The number of rotatable bonds is 3. The van der Waals surface area contributed by atoms with Gasteiger partial charge in [0.1, 0.15) is 0 Å². The molecule has 0 amide bonds. The summed E-state index contributed by atoms with van der Waals surface area (Å²) >= 11 is 0. The molecule has 0 radical (unpaired) electrons. The largest absolute Gasteiger partial charge is 0.469 e. The Hall–Kier alpha value is -2.17. The molecule has 1 aromatic carbocycles. The van der Waals surface area contributed by atoms with Crippen LogP contribution in [-0.2, 0) is 19.1 Å². The van der Waals surface area contributed by atoms with Crippen molar-refractivity contribution in [3.63, 3.8) is 0 Å². The number of carbonyl (C=O) groups excluding carboxylic acids is 2. The van der Waals surface area contributed by atoms with Gasteiger partial charge in [-0.25, -0.2) is 4.79 Å². The first-order valence-electron chi connectivity index (χ1n) is 6.94. The molecule has 1 aromatic rings. The molecule has 1 saturated carbocycles. The summed E-state index contributed by atoms with van der Waals surface area (Å²) in [7, 11) is 2.66. The molecule has 3 atom stereocenters. The van der Waals surface area contributed by atoms with Gasteiger partial charge in [0.15, 0.2) is 5.54 Å². The van der Waals surface area contributed by atoms with E-state index in [1.165, 1.54) is 14.2 Å². The molecule has 1 fully saturated rings. The van der Waals surface area contributed by atoms with Crippen molar-refractivity contribution in [1.29, 1.82) is 0 Å². The van der Waals surface area contributed by atoms with Gasteiger partial charge >= 0.3 is 11.9 Å². The van der Waals surface area contributed by atoms with Crippen LogP contribution in [0.1, 0.15) is 18.4 Å². The molecular formula is C16H17NO4. The van der Waals surface area contributed by atoms with Crippen LogP contribution in [0.5, 0.6) is 0 Å². The normalized spacial score (nSPS) is 29.9. The van der Waals surface area contributed by atoms with Gasteiger partial charge < -0.3 is 9.47 Å². The average molecular weight is 287 g/mol. The van der Waals surface area contributed by atoms with E-state index in [0.29, 0.717) is 12.8 Å². The molecule has 5 heteroatoms. The lowest BCUT2D eigenvalue weighted by Gasteiger charge is -2.45. The Morgan fingerprint density at radius 1 is 1.19 bits per heavy atom. The fourth-order valence-electron chi connectivity index (χ4n) is 3.43. The molecule has 0 saturated heterocycles. The van der Waals surface area contributed by atoms with Crippen LogP contribution in [0.4, 0.5) is 0 Å². The van der Waals surface area contributed by atoms with E-state index < -0.39 is 23.4 Å². The van der Waals surface area contributed by atoms with Crippen LogP contribution in [0.25, 0.3) is 0 Å². The van der Waals surface area contributed by atoms with Crippen molar-refractivity contribution in [3.05, 3.63) is 35.9 Å². The highest BCUT2D eigenvalue weighted by Crippen LogP contribution is 2.54. The molecule has 3 rings (SSSR count). The number of nitrogens with zero attached hydrogens (tertiary/aromatic N) is 1. The maximum atomic E-state index is 12.3. The van der Waals surface area contributed by atoms with Crippen molar-refractivity contribution in [1.82, 2.24) is 0 Å². The first-order chi connectivity index (χ1) is 10.1. The van der Waals surface area contributed by atoms with Crippen LogP contribution < -0.4 is 0 Å². The number of hydrogen-bond donors (Lipinski definition) is 0. The van der Waals surface area contributed by atoms with Crippen LogP contribution >= 0.6 is 0 Å². The molecule has 21 heavy (non-hydrogen) atoms. The van der Waals surface area contributed by atoms with Gasteiger partial charge in [0.25, 0.3) is 0 Å². The van der Waals surface area contributed by atoms with Crippen molar-refractivity contribution >= 4 is 17.7 Å². The number of fused-ring (bicyclic) bond motifs is 1. The van der Waals surface area contributed by atoms with Crippen LogP contribution in [0.2, 0.25) is 0 Å². The third kappa shape index (κ3) is 1.87. The zero-order valence-electron chi connectivity index (χ0n) is 12.0. The van der Waals surface area contributed by atoms with Crippen LogP contribution in [0.3, 0.4) is 0 Å². The highest BCUT2D eigenvalue weighted by molar-refractivity contribution is 6.07. The number of aliphatic imine (C=N–C) groups is 1. The monoisotopic (exact) mass is 287 g/mol. The van der Waals surface area contributed by atoms with E-state index >= 15 is 0 Å². The highest BCUT2D eigenvalue weighted by atomic mass is 16.5. The fourth-order valence-corrected chi connectivity index (χ4v) is 3.43. The van der Waals surface area contributed by atoms with Gasteiger partial charge in [0.05, 0.1) is 20.1 Å². The zero-order chi connectivity index (χ0) is 15.0. The molecule has 2 aliphatic rings. The second kappa shape index (κ2) is 4.98. The summed E-state index contributed by atoms with van der Waals surface area (Å²) in [6, 6.07) is 9.71. The molecule has 0 spiro atoms. The second-order valence-corrected chi connectivity index (χ2v) is 5.45. The van der Waals surface area contributed by atoms with E-state index in [4.69, 9.17) is 9.47 Å². The zero-order valence-corrected chi connectivity index (χ0v) is 12.0. The summed E-state index contributed by atoms with van der Waals surface area (Å²) in [6.45, 7) is 0. The third-order valence-corrected chi connectivity index (χ3v) is 4.54. The lowest BCUT2D eigenvalue weighted by molar-refractivity contribution is -0.171. The number of carbonyl (C=O) groups is 2. The van der Waals surface area contributed by atoms with Gasteiger partial charge in [-0.15, -0.1) is 0 Å². The number of hydrogen-bond acceptors (Lipinski definition) is 5. The Bertz CT molecular complexity index is 610. The van der Waals surface area contributed by atoms with Crippen molar-refractivity contribution in [2.45, 2.75) is 18.4 Å². The standard InChI is InChI=1S/C16H17NO4/c1-20-14(18)12-8-11-9-13(10-6-4-3-5-7-10)17-16(11,12)15(19)21-2/h3-7,11-12H,8-9H2,1-2H3/t11?,12-,16+/m1/s1. The predicted octanol–water partition coefficient (Wildman–Crippen LogP) is 1.60. The van der Waals surface area contributed by atoms with Crippen LogP contribution in [0, 0.1) is 11.8 Å². The molecule has 1 aliphatic carbocycles. The van der Waals surface area contributed by atoms with Crippen molar-refractivity contribution < 1.29 is 19.1 Å². The van der Waals surface area contributed by atoms with Crippen molar-refractivity contribution in [2.24, 2.45) is 16.8 Å². The molecule has 0 bridgehead atoms. The first-order valence-corrected chi connectivity index (χ1v) is 6.94. The summed E-state index contributed by atoms with van der Waals surface area (Å²) < 4.78 is 9.72. The minimum absolute atomic E-state index is 0.0178. The molecule has 1 heterocycles. The lowest BCUT2D eigenvalue weighted by atomic mass is 9.59. The maximum absolute atomic E-state index is 12.3. The molecule has 1 unspecified atom stereocenters. The third-order valence-electron chi connectivity index (χ3n) is 4.54. The SMILES string of the molecule is COC(=O)[C@H]1CC2CC(c3ccccc3)=N[C@@]21C(=O)OC. The summed E-state index contributed by atoms with van der Waals surface area (Å²) in [4.78, 5) is 28.8. The van der Waals surface area contributed by atoms with Crippen LogP contribution in [-0.4, -0.2) is 37.4 Å². The Labute approximate surface area is 123 Å². The Kier molecular flexibility index (Phi) is 3.27. The number of benzene rings is 1. The Balaban J connectivity index is 2.00. The van der Waals surface area contributed by atoms with E-state index in [0.717, 1.165) is 11.3 Å². The summed E-state index contributed by atoms with van der Waals surface area (Å²) in [5.41, 5.74) is 0.753. The van der Waals surface area contributed by atoms with E-state index in [-0.39, 0.29) is 5.92 Å². The lowest BCUT2D eigenvalue weighted by Crippen LogP contribution is -2.61. The number of ether oxygens (including phenoxy) is 2. The van der Waals surface area contributed by atoms with Gasteiger partial charge in [-0.3, -0.25) is 9.79 Å². The van der Waals surface area contributed by atoms with E-state index in [9.17, 15) is 9.59 Å². The molecule has 110 valence electrons. The van der Waals surface area contributed by atoms with E-state index in [1.54, 1.807) is 0 Å². The maximum Gasteiger partial charge on any atom is 0.334 e. The minimum atomic E-state index is -1.09. The number of methoxy groups -OCH3 is 2. The first kappa shape index (κ1) is 13.8. The topological polar surface area (TPSA) is 65.0 Å². The Morgan fingerprint density at radius 2 is 1.90 bits per heavy atom. The predicted molar refractivity (Wildman–Crippen MR) is 76.0 cm³/mol.